The van der Waals surface area contributed by atoms with Crippen molar-refractivity contribution >= 4 is 20.9 Å². The lowest BCUT2D eigenvalue weighted by Crippen LogP contribution is -2.36. The summed E-state index contributed by atoms with van der Waals surface area (Å²) in [5.74, 6) is 0. The second kappa shape index (κ2) is 7.09. The first kappa shape index (κ1) is 17.2. The molecule has 6 heteroatoms. The third-order valence-electron chi connectivity index (χ3n) is 4.13. The zero-order chi connectivity index (χ0) is 17.9. The molecule has 2 N–H and O–H groups in total. The van der Waals surface area contributed by atoms with Crippen LogP contribution >= 0.6 is 0 Å². The molecule has 0 radical (unpaired) electrons. The molecule has 0 aliphatic rings. The van der Waals surface area contributed by atoms with Gasteiger partial charge in [-0.15, -0.1) is 0 Å². The summed E-state index contributed by atoms with van der Waals surface area (Å²) in [5.41, 5.74) is 2.98. The zero-order valence-corrected chi connectivity index (χ0v) is 14.7. The van der Waals surface area contributed by atoms with E-state index in [1.165, 1.54) is 0 Å². The topological polar surface area (TPSA) is 85.8 Å². The van der Waals surface area contributed by atoms with E-state index in [-0.39, 0.29) is 11.3 Å². The van der Waals surface area contributed by atoms with E-state index in [0.717, 1.165) is 22.0 Å². The maximum Gasteiger partial charge on any atom is 0.240 e. The molecule has 0 bridgehead atoms. The molecule has 2 aromatic carbocycles. The van der Waals surface area contributed by atoms with Gasteiger partial charge in [-0.2, -0.15) is 5.26 Å². The Bertz CT molecular complexity index is 1010. The molecule has 1 atom stereocenters. The summed E-state index contributed by atoms with van der Waals surface area (Å²) in [7, 11) is -3.67. The molecule has 3 aromatic rings. The molecule has 0 saturated heterocycles. The molecular weight excluding hydrogens is 334 g/mol. The summed E-state index contributed by atoms with van der Waals surface area (Å²) in [6.45, 7) is 1.90. The Morgan fingerprint density at radius 3 is 2.60 bits per heavy atom. The molecule has 1 unspecified atom stereocenters. The SMILES string of the molecule is Cc1ccc(S(=O)(=O)NC(CC#N)Cc2c[nH]c3ccccc23)cc1. The Morgan fingerprint density at radius 2 is 1.88 bits per heavy atom. The molecule has 0 aliphatic carbocycles. The van der Waals surface area contributed by atoms with Gasteiger partial charge in [-0.05, 0) is 37.1 Å². The summed E-state index contributed by atoms with van der Waals surface area (Å²) in [6, 6.07) is 16.1. The van der Waals surface area contributed by atoms with E-state index in [4.69, 9.17) is 5.26 Å². The Hall–Kier alpha value is -2.62. The first-order valence-electron chi connectivity index (χ1n) is 8.00. The molecule has 1 heterocycles. The van der Waals surface area contributed by atoms with Gasteiger partial charge in [-0.3, -0.25) is 0 Å². The van der Waals surface area contributed by atoms with Crippen molar-refractivity contribution in [3.8, 4) is 6.07 Å². The Balaban J connectivity index is 1.84. The number of rotatable bonds is 6. The molecule has 0 saturated carbocycles. The minimum Gasteiger partial charge on any atom is -0.361 e. The highest BCUT2D eigenvalue weighted by Gasteiger charge is 2.21. The number of nitriles is 1. The molecule has 25 heavy (non-hydrogen) atoms. The van der Waals surface area contributed by atoms with Crippen LogP contribution in [0.5, 0.6) is 0 Å². The number of H-pyrrole nitrogens is 1. The standard InChI is InChI=1S/C19H19N3O2S/c1-14-6-8-17(9-7-14)25(23,24)22-16(10-11-20)12-15-13-21-19-5-3-2-4-18(15)19/h2-9,13,16,21-22H,10,12H2,1H3. The maximum atomic E-state index is 12.6. The van der Waals surface area contributed by atoms with Gasteiger partial charge in [0.15, 0.2) is 0 Å². The highest BCUT2D eigenvalue weighted by atomic mass is 32.2. The van der Waals surface area contributed by atoms with Gasteiger partial charge >= 0.3 is 0 Å². The lowest BCUT2D eigenvalue weighted by atomic mass is 10.0. The van der Waals surface area contributed by atoms with Crippen molar-refractivity contribution in [2.24, 2.45) is 0 Å². The Labute approximate surface area is 147 Å². The van der Waals surface area contributed by atoms with Crippen molar-refractivity contribution in [1.82, 2.24) is 9.71 Å². The summed E-state index contributed by atoms with van der Waals surface area (Å²) < 4.78 is 27.9. The van der Waals surface area contributed by atoms with Gasteiger partial charge in [0.2, 0.25) is 10.0 Å². The summed E-state index contributed by atoms with van der Waals surface area (Å²) >= 11 is 0. The predicted molar refractivity (Wildman–Crippen MR) is 97.5 cm³/mol. The summed E-state index contributed by atoms with van der Waals surface area (Å²) in [6.07, 6.45) is 2.42. The fraction of sp³-hybridized carbons (Fsp3) is 0.211. The summed E-state index contributed by atoms with van der Waals surface area (Å²) in [5, 5.41) is 10.1. The van der Waals surface area contributed by atoms with Crippen LogP contribution < -0.4 is 4.72 Å². The number of sulfonamides is 1. The molecule has 3 rings (SSSR count). The average molecular weight is 353 g/mol. The van der Waals surface area contributed by atoms with E-state index < -0.39 is 16.1 Å². The van der Waals surface area contributed by atoms with Crippen LogP contribution in [0.3, 0.4) is 0 Å². The predicted octanol–water partition coefficient (Wildman–Crippen LogP) is 3.28. The van der Waals surface area contributed by atoms with Crippen molar-refractivity contribution in [2.45, 2.75) is 30.7 Å². The van der Waals surface area contributed by atoms with Crippen LogP contribution in [0.15, 0.2) is 59.6 Å². The van der Waals surface area contributed by atoms with Gasteiger partial charge < -0.3 is 4.98 Å². The van der Waals surface area contributed by atoms with Crippen molar-refractivity contribution in [3.63, 3.8) is 0 Å². The van der Waals surface area contributed by atoms with Crippen molar-refractivity contribution in [3.05, 3.63) is 65.9 Å². The van der Waals surface area contributed by atoms with E-state index in [0.29, 0.717) is 6.42 Å². The lowest BCUT2D eigenvalue weighted by molar-refractivity contribution is 0.549. The fourth-order valence-corrected chi connectivity index (χ4v) is 4.07. The molecule has 0 aliphatic heterocycles. The molecule has 5 nitrogen and oxygen atoms in total. The average Bonchev–Trinajstić information content (AvgIpc) is 2.98. The molecule has 128 valence electrons. The van der Waals surface area contributed by atoms with Gasteiger partial charge in [-0.25, -0.2) is 13.1 Å². The van der Waals surface area contributed by atoms with E-state index >= 15 is 0 Å². The molecular formula is C19H19N3O2S. The number of nitrogens with one attached hydrogen (secondary N) is 2. The van der Waals surface area contributed by atoms with E-state index in [1.54, 1.807) is 24.3 Å². The van der Waals surface area contributed by atoms with Crippen LogP contribution in [0.25, 0.3) is 10.9 Å². The molecule has 0 fully saturated rings. The number of hydrogen-bond donors (Lipinski definition) is 2. The molecule has 0 amide bonds. The number of nitrogens with zero attached hydrogens (tertiary/aromatic N) is 1. The van der Waals surface area contributed by atoms with E-state index in [9.17, 15) is 8.42 Å². The smallest absolute Gasteiger partial charge is 0.240 e. The maximum absolute atomic E-state index is 12.6. The molecule has 0 spiro atoms. The van der Waals surface area contributed by atoms with Crippen molar-refractivity contribution in [1.29, 1.82) is 5.26 Å². The fourth-order valence-electron chi connectivity index (χ4n) is 2.84. The van der Waals surface area contributed by atoms with Gasteiger partial charge in [0.1, 0.15) is 0 Å². The second-order valence-electron chi connectivity index (χ2n) is 6.06. The quantitative estimate of drug-likeness (QED) is 0.713. The highest BCUT2D eigenvalue weighted by Crippen LogP contribution is 2.20. The second-order valence-corrected chi connectivity index (χ2v) is 7.77. The third kappa shape index (κ3) is 3.90. The Morgan fingerprint density at radius 1 is 1.16 bits per heavy atom. The first-order valence-corrected chi connectivity index (χ1v) is 9.49. The van der Waals surface area contributed by atoms with Crippen LogP contribution in [0, 0.1) is 18.3 Å². The van der Waals surface area contributed by atoms with Crippen LogP contribution in [0.1, 0.15) is 17.5 Å². The zero-order valence-electron chi connectivity index (χ0n) is 13.9. The first-order chi connectivity index (χ1) is 12.0. The number of aromatic amines is 1. The number of hydrogen-bond acceptors (Lipinski definition) is 3. The number of para-hydroxylation sites is 1. The third-order valence-corrected chi connectivity index (χ3v) is 5.67. The van der Waals surface area contributed by atoms with Crippen LogP contribution in [0.2, 0.25) is 0 Å². The number of benzene rings is 2. The van der Waals surface area contributed by atoms with E-state index in [1.807, 2.05) is 37.4 Å². The lowest BCUT2D eigenvalue weighted by Gasteiger charge is -2.16. The van der Waals surface area contributed by atoms with Crippen LogP contribution in [0.4, 0.5) is 0 Å². The highest BCUT2D eigenvalue weighted by molar-refractivity contribution is 7.89. The van der Waals surface area contributed by atoms with Crippen molar-refractivity contribution < 1.29 is 8.42 Å². The minimum atomic E-state index is -3.67. The van der Waals surface area contributed by atoms with E-state index in [2.05, 4.69) is 15.8 Å². The Kier molecular flexibility index (Phi) is 4.88. The largest absolute Gasteiger partial charge is 0.361 e. The van der Waals surface area contributed by atoms with Gasteiger partial charge in [0.05, 0.1) is 17.4 Å². The number of aromatic nitrogens is 1. The molecule has 1 aromatic heterocycles. The van der Waals surface area contributed by atoms with Gasteiger partial charge in [0.25, 0.3) is 0 Å². The number of fused-ring (bicyclic) bond motifs is 1. The van der Waals surface area contributed by atoms with Crippen molar-refractivity contribution in [2.75, 3.05) is 0 Å². The van der Waals surface area contributed by atoms with Gasteiger partial charge in [-0.1, -0.05) is 35.9 Å². The van der Waals surface area contributed by atoms with Gasteiger partial charge in [0, 0.05) is 23.1 Å². The minimum absolute atomic E-state index is 0.102. The summed E-state index contributed by atoms with van der Waals surface area (Å²) in [4.78, 5) is 3.38. The monoisotopic (exact) mass is 353 g/mol. The normalized spacial score (nSPS) is 12.8. The van der Waals surface area contributed by atoms with Crippen LogP contribution in [-0.4, -0.2) is 19.4 Å². The number of aryl methyl sites for hydroxylation is 1. The van der Waals surface area contributed by atoms with Crippen LogP contribution in [-0.2, 0) is 16.4 Å².